The number of amides is 1. The molecule has 2 heterocycles. The van der Waals surface area contributed by atoms with Crippen molar-refractivity contribution in [1.82, 2.24) is 4.90 Å². The van der Waals surface area contributed by atoms with Crippen LogP contribution in [0.15, 0.2) is 4.47 Å². The van der Waals surface area contributed by atoms with Gasteiger partial charge in [-0.25, -0.2) is 4.79 Å². The van der Waals surface area contributed by atoms with Crippen LogP contribution in [0.2, 0.25) is 0 Å². The van der Waals surface area contributed by atoms with Crippen LogP contribution in [0.4, 0.5) is 9.80 Å². The lowest BCUT2D eigenvalue weighted by Crippen LogP contribution is -2.37. The number of thiophene rings is 1. The topological polar surface area (TPSA) is 55.6 Å². The quantitative estimate of drug-likeness (QED) is 0.716. The van der Waals surface area contributed by atoms with Gasteiger partial charge in [0.05, 0.1) is 11.0 Å². The Morgan fingerprint density at radius 2 is 2.21 bits per heavy atom. The minimum absolute atomic E-state index is 0.271. The zero-order valence-electron chi connectivity index (χ0n) is 9.59. The van der Waals surface area contributed by atoms with Crippen molar-refractivity contribution in [2.75, 3.05) is 18.9 Å². The van der Waals surface area contributed by atoms with Gasteiger partial charge in [-0.1, -0.05) is 34.8 Å². The van der Waals surface area contributed by atoms with Gasteiger partial charge in [-0.15, -0.1) is 11.3 Å². The van der Waals surface area contributed by atoms with E-state index in [0.717, 1.165) is 21.5 Å². The Morgan fingerprint density at radius 3 is 2.84 bits per heavy atom. The molecule has 1 aliphatic rings. The van der Waals surface area contributed by atoms with Crippen LogP contribution in [-0.4, -0.2) is 27.9 Å². The van der Waals surface area contributed by atoms with Crippen LogP contribution >= 0.6 is 62.1 Å². The summed E-state index contributed by atoms with van der Waals surface area (Å²) >= 11 is 21.6. The lowest BCUT2D eigenvalue weighted by atomic mass is 10.1. The molecule has 19 heavy (non-hydrogen) atoms. The number of hydrogen-bond acceptors (Lipinski definition) is 4. The van der Waals surface area contributed by atoms with E-state index in [1.165, 1.54) is 16.2 Å². The fourth-order valence-electron chi connectivity index (χ4n) is 1.77. The fourth-order valence-corrected chi connectivity index (χ4v) is 3.63. The monoisotopic (exact) mass is 406 g/mol. The Morgan fingerprint density at radius 1 is 1.53 bits per heavy atom. The molecule has 1 aromatic heterocycles. The molecule has 0 aromatic carbocycles. The first kappa shape index (κ1) is 15.5. The number of halogens is 4. The molecule has 0 radical (unpaired) electrons. The third kappa shape index (κ3) is 3.82. The number of rotatable bonds is 1. The average molecular weight is 409 g/mol. The summed E-state index contributed by atoms with van der Waals surface area (Å²) in [6, 6.07) is 0. The SMILES string of the molecule is Nc1sc2c(c1Br)CN(C(=O)OCC(Cl)(Cl)Cl)CC2. The second kappa shape index (κ2) is 5.85. The third-order valence-corrected chi connectivity index (χ3v) is 5.24. The summed E-state index contributed by atoms with van der Waals surface area (Å²) in [6.45, 7) is 0.743. The second-order valence-corrected chi connectivity index (χ2v) is 8.47. The predicted molar refractivity (Wildman–Crippen MR) is 82.2 cm³/mol. The molecule has 0 aliphatic carbocycles. The summed E-state index contributed by atoms with van der Waals surface area (Å²) < 4.78 is 4.22. The maximum Gasteiger partial charge on any atom is 0.410 e. The molecule has 4 nitrogen and oxygen atoms in total. The normalized spacial score (nSPS) is 15.3. The molecule has 1 aromatic rings. The largest absolute Gasteiger partial charge is 0.445 e. The summed E-state index contributed by atoms with van der Waals surface area (Å²) in [5.41, 5.74) is 6.87. The number of carbonyl (C=O) groups is 1. The van der Waals surface area contributed by atoms with E-state index in [-0.39, 0.29) is 6.61 Å². The van der Waals surface area contributed by atoms with E-state index < -0.39 is 9.89 Å². The average Bonchev–Trinajstić information content (AvgIpc) is 2.61. The first-order valence-electron chi connectivity index (χ1n) is 5.32. The van der Waals surface area contributed by atoms with Gasteiger partial charge in [-0.3, -0.25) is 0 Å². The maximum atomic E-state index is 11.9. The van der Waals surface area contributed by atoms with Crippen molar-refractivity contribution >= 4 is 73.2 Å². The van der Waals surface area contributed by atoms with Crippen LogP contribution in [0.25, 0.3) is 0 Å². The zero-order valence-corrected chi connectivity index (χ0v) is 14.3. The van der Waals surface area contributed by atoms with Crippen molar-refractivity contribution in [3.8, 4) is 0 Å². The van der Waals surface area contributed by atoms with E-state index in [1.54, 1.807) is 4.90 Å². The molecule has 9 heteroatoms. The van der Waals surface area contributed by atoms with Crippen LogP contribution in [0.1, 0.15) is 10.4 Å². The number of ether oxygens (including phenoxy) is 1. The lowest BCUT2D eigenvalue weighted by Gasteiger charge is -2.27. The van der Waals surface area contributed by atoms with Crippen LogP contribution in [-0.2, 0) is 17.7 Å². The van der Waals surface area contributed by atoms with Crippen LogP contribution in [0.3, 0.4) is 0 Å². The number of fused-ring (bicyclic) bond motifs is 1. The molecule has 1 amide bonds. The molecule has 0 atom stereocenters. The van der Waals surface area contributed by atoms with Gasteiger partial charge in [-0.05, 0) is 22.4 Å². The molecule has 0 fully saturated rings. The van der Waals surface area contributed by atoms with Crippen molar-refractivity contribution in [2.45, 2.75) is 16.8 Å². The Balaban J connectivity index is 2.01. The second-order valence-electron chi connectivity index (χ2n) is 4.02. The number of nitrogens with two attached hydrogens (primary N) is 1. The Kier molecular flexibility index (Phi) is 4.78. The molecule has 0 unspecified atom stereocenters. The van der Waals surface area contributed by atoms with Crippen LogP contribution < -0.4 is 5.73 Å². The van der Waals surface area contributed by atoms with Gasteiger partial charge in [0.25, 0.3) is 0 Å². The minimum Gasteiger partial charge on any atom is -0.445 e. The number of anilines is 1. The van der Waals surface area contributed by atoms with Gasteiger partial charge in [0.2, 0.25) is 3.79 Å². The first-order valence-corrected chi connectivity index (χ1v) is 8.06. The number of nitrogen functional groups attached to an aromatic ring is 1. The predicted octanol–water partition coefficient (Wildman–Crippen LogP) is 3.96. The van der Waals surface area contributed by atoms with E-state index in [2.05, 4.69) is 15.9 Å². The van der Waals surface area contributed by atoms with E-state index in [0.29, 0.717) is 13.1 Å². The van der Waals surface area contributed by atoms with Gasteiger partial charge in [-0.2, -0.15) is 0 Å². The number of hydrogen-bond donors (Lipinski definition) is 1. The molecule has 0 saturated heterocycles. The molecule has 2 N–H and O–H groups in total. The smallest absolute Gasteiger partial charge is 0.410 e. The molecular formula is C10H10BrCl3N2O2S. The summed E-state index contributed by atoms with van der Waals surface area (Å²) in [4.78, 5) is 14.6. The van der Waals surface area contributed by atoms with Crippen molar-refractivity contribution < 1.29 is 9.53 Å². The number of nitrogens with zero attached hydrogens (tertiary/aromatic N) is 1. The van der Waals surface area contributed by atoms with Gasteiger partial charge in [0.1, 0.15) is 11.6 Å². The highest BCUT2D eigenvalue weighted by Gasteiger charge is 2.28. The Bertz CT molecular complexity index is 504. The summed E-state index contributed by atoms with van der Waals surface area (Å²) in [7, 11) is 0. The maximum absolute atomic E-state index is 11.9. The fraction of sp³-hybridized carbons (Fsp3) is 0.500. The van der Waals surface area contributed by atoms with Crippen LogP contribution in [0, 0.1) is 0 Å². The standard InChI is InChI=1S/C10H10BrCl3N2O2S/c11-7-5-3-16(2-1-6(5)19-8(7)15)9(17)18-4-10(12,13)14/h1-4,15H2. The van der Waals surface area contributed by atoms with Gasteiger partial charge in [0, 0.05) is 17.0 Å². The van der Waals surface area contributed by atoms with Crippen molar-refractivity contribution in [3.63, 3.8) is 0 Å². The van der Waals surface area contributed by atoms with Crippen molar-refractivity contribution in [1.29, 1.82) is 0 Å². The highest BCUT2D eigenvalue weighted by molar-refractivity contribution is 9.10. The summed E-state index contributed by atoms with van der Waals surface area (Å²) in [5, 5.41) is 0.724. The first-order chi connectivity index (χ1) is 8.78. The van der Waals surface area contributed by atoms with Crippen LogP contribution in [0.5, 0.6) is 0 Å². The number of carbonyl (C=O) groups excluding carboxylic acids is 1. The zero-order chi connectivity index (χ0) is 14.2. The Hall–Kier alpha value is 0.120. The van der Waals surface area contributed by atoms with Crippen molar-refractivity contribution in [2.24, 2.45) is 0 Å². The highest BCUT2D eigenvalue weighted by atomic mass is 79.9. The molecule has 0 saturated carbocycles. The van der Waals surface area contributed by atoms with Gasteiger partial charge >= 0.3 is 6.09 Å². The van der Waals surface area contributed by atoms with Gasteiger partial charge in [0.15, 0.2) is 0 Å². The molecule has 0 bridgehead atoms. The summed E-state index contributed by atoms with van der Waals surface area (Å²) in [5.74, 6) is 0. The van der Waals surface area contributed by atoms with E-state index in [4.69, 9.17) is 45.3 Å². The third-order valence-electron chi connectivity index (χ3n) is 2.63. The molecule has 1 aliphatic heterocycles. The number of alkyl halides is 3. The van der Waals surface area contributed by atoms with E-state index >= 15 is 0 Å². The summed E-state index contributed by atoms with van der Waals surface area (Å²) in [6.07, 6.45) is 0.257. The molecule has 0 spiro atoms. The van der Waals surface area contributed by atoms with Crippen molar-refractivity contribution in [3.05, 3.63) is 14.9 Å². The highest BCUT2D eigenvalue weighted by Crippen LogP contribution is 2.38. The lowest BCUT2D eigenvalue weighted by molar-refractivity contribution is 0.0996. The molecule has 2 rings (SSSR count). The van der Waals surface area contributed by atoms with E-state index in [1.807, 2.05) is 0 Å². The van der Waals surface area contributed by atoms with E-state index in [9.17, 15) is 4.79 Å². The molecular weight excluding hydrogens is 398 g/mol. The Labute approximate surface area is 137 Å². The minimum atomic E-state index is -1.59. The van der Waals surface area contributed by atoms with Gasteiger partial charge < -0.3 is 15.4 Å². The molecule has 106 valence electrons.